The molecule has 0 aliphatic rings. The topological polar surface area (TPSA) is 55.1 Å². The molecule has 1 amide bonds. The molecule has 2 rings (SSSR count). The molecule has 5 heteroatoms. The van der Waals surface area contributed by atoms with Gasteiger partial charge in [0.25, 0.3) is 0 Å². The maximum Gasteiger partial charge on any atom is 0.234 e. The number of nitrogen functional groups attached to an aromatic ring is 1. The summed E-state index contributed by atoms with van der Waals surface area (Å²) in [6.07, 6.45) is 0. The van der Waals surface area contributed by atoms with Crippen LogP contribution in [0.2, 0.25) is 0 Å². The second kappa shape index (κ2) is 5.85. The van der Waals surface area contributed by atoms with Crippen molar-refractivity contribution < 1.29 is 9.18 Å². The van der Waals surface area contributed by atoms with Gasteiger partial charge in [-0.25, -0.2) is 4.39 Å². The lowest BCUT2D eigenvalue weighted by Crippen LogP contribution is -2.34. The molecule has 0 spiro atoms. The lowest BCUT2D eigenvalue weighted by Gasteiger charge is -2.24. The summed E-state index contributed by atoms with van der Waals surface area (Å²) in [5.74, 6) is -0.545. The van der Waals surface area contributed by atoms with Crippen molar-refractivity contribution >= 4 is 33.2 Å². The zero-order valence-electron chi connectivity index (χ0n) is 11.8. The molecule has 110 valence electrons. The molecule has 2 aromatic carbocycles. The van der Waals surface area contributed by atoms with Crippen LogP contribution in [-0.2, 0) is 10.2 Å². The SMILES string of the molecule is CC(C)(C(=O)Nc1ccc(F)c(Br)c1)c1ccc(N)cc1. The van der Waals surface area contributed by atoms with E-state index < -0.39 is 5.41 Å². The highest BCUT2D eigenvalue weighted by atomic mass is 79.9. The van der Waals surface area contributed by atoms with E-state index in [4.69, 9.17) is 5.73 Å². The van der Waals surface area contributed by atoms with Crippen LogP contribution >= 0.6 is 15.9 Å². The Bertz CT molecular complexity index is 668. The molecule has 3 nitrogen and oxygen atoms in total. The lowest BCUT2D eigenvalue weighted by atomic mass is 9.83. The van der Waals surface area contributed by atoms with Crippen LogP contribution < -0.4 is 11.1 Å². The van der Waals surface area contributed by atoms with E-state index in [1.54, 1.807) is 12.1 Å². The maximum atomic E-state index is 13.2. The molecular weight excluding hydrogens is 335 g/mol. The van der Waals surface area contributed by atoms with Crippen LogP contribution in [0, 0.1) is 5.82 Å². The number of anilines is 2. The standard InChI is InChI=1S/C16H16BrFN2O/c1-16(2,10-3-5-11(19)6-4-10)15(21)20-12-7-8-14(18)13(17)9-12/h3-9H,19H2,1-2H3,(H,20,21). The molecular formula is C16H16BrFN2O. The molecule has 0 aliphatic carbocycles. The van der Waals surface area contributed by atoms with Gasteiger partial charge in [0.1, 0.15) is 5.82 Å². The number of nitrogens with one attached hydrogen (secondary N) is 1. The molecule has 0 atom stereocenters. The highest BCUT2D eigenvalue weighted by Crippen LogP contribution is 2.27. The quantitative estimate of drug-likeness (QED) is 0.819. The maximum absolute atomic E-state index is 13.2. The summed E-state index contributed by atoms with van der Waals surface area (Å²) >= 11 is 3.10. The van der Waals surface area contributed by atoms with Crippen molar-refractivity contribution in [3.63, 3.8) is 0 Å². The second-order valence-corrected chi connectivity index (χ2v) is 6.18. The van der Waals surface area contributed by atoms with E-state index >= 15 is 0 Å². The highest BCUT2D eigenvalue weighted by Gasteiger charge is 2.29. The van der Waals surface area contributed by atoms with Gasteiger partial charge in [-0.1, -0.05) is 12.1 Å². The molecule has 3 N–H and O–H groups in total. The molecule has 0 aromatic heterocycles. The van der Waals surface area contributed by atoms with Gasteiger partial charge in [0, 0.05) is 11.4 Å². The molecule has 0 bridgehead atoms. The van der Waals surface area contributed by atoms with Gasteiger partial charge in [0.2, 0.25) is 5.91 Å². The van der Waals surface area contributed by atoms with E-state index in [1.165, 1.54) is 18.2 Å². The van der Waals surface area contributed by atoms with E-state index in [9.17, 15) is 9.18 Å². The van der Waals surface area contributed by atoms with E-state index in [2.05, 4.69) is 21.2 Å². The Morgan fingerprint density at radius 1 is 1.19 bits per heavy atom. The molecule has 0 saturated heterocycles. The summed E-state index contributed by atoms with van der Waals surface area (Å²) in [6, 6.07) is 11.5. The summed E-state index contributed by atoms with van der Waals surface area (Å²) in [4.78, 5) is 12.5. The van der Waals surface area contributed by atoms with Crippen LogP contribution in [0.25, 0.3) is 0 Å². The Hall–Kier alpha value is -1.88. The average Bonchev–Trinajstić information content (AvgIpc) is 2.43. The first-order valence-electron chi connectivity index (χ1n) is 6.43. The summed E-state index contributed by atoms with van der Waals surface area (Å²) in [6.45, 7) is 3.65. The van der Waals surface area contributed by atoms with Gasteiger partial charge in [-0.3, -0.25) is 4.79 Å². The number of hydrogen-bond acceptors (Lipinski definition) is 2. The number of carbonyl (C=O) groups is 1. The van der Waals surface area contributed by atoms with Gasteiger partial charge in [-0.15, -0.1) is 0 Å². The molecule has 2 aromatic rings. The number of carbonyl (C=O) groups excluding carboxylic acids is 1. The van der Waals surface area contributed by atoms with Crippen LogP contribution in [0.5, 0.6) is 0 Å². The number of hydrogen-bond donors (Lipinski definition) is 2. The molecule has 0 radical (unpaired) electrons. The fraction of sp³-hybridized carbons (Fsp3) is 0.188. The Kier molecular flexibility index (Phi) is 4.32. The van der Waals surface area contributed by atoms with Crippen molar-refractivity contribution in [3.8, 4) is 0 Å². The minimum Gasteiger partial charge on any atom is -0.399 e. The zero-order chi connectivity index (χ0) is 15.6. The van der Waals surface area contributed by atoms with Crippen molar-refractivity contribution in [3.05, 3.63) is 58.3 Å². The Morgan fingerprint density at radius 3 is 2.38 bits per heavy atom. The first kappa shape index (κ1) is 15.5. The minimum atomic E-state index is -0.728. The smallest absolute Gasteiger partial charge is 0.234 e. The van der Waals surface area contributed by atoms with Gasteiger partial charge in [-0.05, 0) is 65.7 Å². The van der Waals surface area contributed by atoms with Crippen LogP contribution in [0.1, 0.15) is 19.4 Å². The molecule has 21 heavy (non-hydrogen) atoms. The van der Waals surface area contributed by atoms with Gasteiger partial charge >= 0.3 is 0 Å². The van der Waals surface area contributed by atoms with Crippen LogP contribution in [0.3, 0.4) is 0 Å². The van der Waals surface area contributed by atoms with Gasteiger partial charge in [0.05, 0.1) is 9.89 Å². The highest BCUT2D eigenvalue weighted by molar-refractivity contribution is 9.10. The van der Waals surface area contributed by atoms with E-state index in [1.807, 2.05) is 26.0 Å². The van der Waals surface area contributed by atoms with E-state index in [0.29, 0.717) is 15.8 Å². The Labute approximate surface area is 131 Å². The fourth-order valence-electron chi connectivity index (χ4n) is 1.89. The average molecular weight is 351 g/mol. The number of rotatable bonds is 3. The number of benzene rings is 2. The lowest BCUT2D eigenvalue weighted by molar-refractivity contribution is -0.120. The number of halogens is 2. The fourth-order valence-corrected chi connectivity index (χ4v) is 2.27. The van der Waals surface area contributed by atoms with Crippen molar-refractivity contribution in [2.75, 3.05) is 11.1 Å². The Morgan fingerprint density at radius 2 is 1.81 bits per heavy atom. The van der Waals surface area contributed by atoms with Crippen molar-refractivity contribution in [1.29, 1.82) is 0 Å². The van der Waals surface area contributed by atoms with E-state index in [-0.39, 0.29) is 11.7 Å². The zero-order valence-corrected chi connectivity index (χ0v) is 13.4. The van der Waals surface area contributed by atoms with E-state index in [0.717, 1.165) is 5.56 Å². The van der Waals surface area contributed by atoms with Gasteiger partial charge < -0.3 is 11.1 Å². The van der Waals surface area contributed by atoms with Gasteiger partial charge in [0.15, 0.2) is 0 Å². The van der Waals surface area contributed by atoms with Crippen molar-refractivity contribution in [2.24, 2.45) is 0 Å². The van der Waals surface area contributed by atoms with Crippen molar-refractivity contribution in [2.45, 2.75) is 19.3 Å². The summed E-state index contributed by atoms with van der Waals surface area (Å²) < 4.78 is 13.5. The number of nitrogens with two attached hydrogens (primary N) is 1. The van der Waals surface area contributed by atoms with Crippen LogP contribution in [0.15, 0.2) is 46.9 Å². The third-order valence-corrected chi connectivity index (χ3v) is 3.99. The summed E-state index contributed by atoms with van der Waals surface area (Å²) in [7, 11) is 0. The normalized spacial score (nSPS) is 11.2. The monoisotopic (exact) mass is 350 g/mol. The number of amides is 1. The Balaban J connectivity index is 2.21. The first-order valence-corrected chi connectivity index (χ1v) is 7.22. The predicted molar refractivity (Wildman–Crippen MR) is 86.6 cm³/mol. The van der Waals surface area contributed by atoms with Gasteiger partial charge in [-0.2, -0.15) is 0 Å². The molecule has 0 fully saturated rings. The van der Waals surface area contributed by atoms with Crippen LogP contribution in [0.4, 0.5) is 15.8 Å². The van der Waals surface area contributed by atoms with Crippen molar-refractivity contribution in [1.82, 2.24) is 0 Å². The largest absolute Gasteiger partial charge is 0.399 e. The molecule has 0 saturated carbocycles. The second-order valence-electron chi connectivity index (χ2n) is 5.33. The summed E-state index contributed by atoms with van der Waals surface area (Å²) in [5.41, 5.74) is 6.98. The minimum absolute atomic E-state index is 0.175. The molecule has 0 unspecified atom stereocenters. The first-order chi connectivity index (χ1) is 9.80. The van der Waals surface area contributed by atoms with Crippen LogP contribution in [-0.4, -0.2) is 5.91 Å². The summed E-state index contributed by atoms with van der Waals surface area (Å²) in [5, 5.41) is 2.80. The third kappa shape index (κ3) is 3.42. The third-order valence-electron chi connectivity index (χ3n) is 3.38. The predicted octanol–water partition coefficient (Wildman–Crippen LogP) is 4.09. The molecule has 0 heterocycles. The molecule has 0 aliphatic heterocycles.